The number of hydrogen-bond acceptors (Lipinski definition) is 2. The maximum Gasteiger partial charge on any atom is 0.178 e. The molecule has 0 saturated heterocycles. The fourth-order valence-corrected chi connectivity index (χ4v) is 3.02. The lowest BCUT2D eigenvalue weighted by molar-refractivity contribution is 0.101. The summed E-state index contributed by atoms with van der Waals surface area (Å²) in [7, 11) is 0. The average molecular weight is 326 g/mol. The lowest BCUT2D eigenvalue weighted by Crippen LogP contribution is -2.21. The van der Waals surface area contributed by atoms with E-state index in [2.05, 4.69) is 30.3 Å². The van der Waals surface area contributed by atoms with Gasteiger partial charge in [0.05, 0.1) is 0 Å². The topological polar surface area (TPSA) is 34.9 Å². The van der Waals surface area contributed by atoms with E-state index in [1.165, 1.54) is 6.92 Å². The Balaban J connectivity index is 2.25. The van der Waals surface area contributed by atoms with Gasteiger partial charge in [0, 0.05) is 36.0 Å². The molecule has 0 N–H and O–H groups in total. The predicted molar refractivity (Wildman–Crippen MR) is 96.0 cm³/mol. The van der Waals surface area contributed by atoms with Gasteiger partial charge in [-0.05, 0) is 51.0 Å². The van der Waals surface area contributed by atoms with Crippen LogP contribution in [0.25, 0.3) is 16.6 Å². The molecule has 0 amide bonds. The van der Waals surface area contributed by atoms with E-state index in [-0.39, 0.29) is 11.3 Å². The molecule has 3 rings (SSSR count). The number of alkyl halides is 1. The summed E-state index contributed by atoms with van der Waals surface area (Å²) in [6.07, 6.45) is 5.31. The first-order valence-electron chi connectivity index (χ1n) is 8.24. The van der Waals surface area contributed by atoms with Crippen LogP contribution in [-0.4, -0.2) is 21.5 Å². The van der Waals surface area contributed by atoms with Crippen LogP contribution in [-0.2, 0) is 5.54 Å². The highest BCUT2D eigenvalue weighted by molar-refractivity contribution is 5.97. The van der Waals surface area contributed by atoms with Crippen LogP contribution in [0.4, 0.5) is 4.39 Å². The molecule has 24 heavy (non-hydrogen) atoms. The van der Waals surface area contributed by atoms with Crippen molar-refractivity contribution in [2.45, 2.75) is 52.8 Å². The first-order chi connectivity index (χ1) is 11.2. The van der Waals surface area contributed by atoms with Crippen LogP contribution < -0.4 is 0 Å². The van der Waals surface area contributed by atoms with E-state index in [0.717, 1.165) is 27.7 Å². The van der Waals surface area contributed by atoms with Crippen LogP contribution in [0.1, 0.15) is 57.1 Å². The van der Waals surface area contributed by atoms with Crippen molar-refractivity contribution in [1.82, 2.24) is 9.55 Å². The third kappa shape index (κ3) is 2.81. The van der Waals surface area contributed by atoms with E-state index in [4.69, 9.17) is 0 Å². The first-order valence-corrected chi connectivity index (χ1v) is 8.24. The van der Waals surface area contributed by atoms with Crippen molar-refractivity contribution < 1.29 is 9.18 Å². The summed E-state index contributed by atoms with van der Waals surface area (Å²) in [5, 5.41) is 0.960. The van der Waals surface area contributed by atoms with Gasteiger partial charge >= 0.3 is 0 Å². The monoisotopic (exact) mass is 326 g/mol. The van der Waals surface area contributed by atoms with Crippen molar-refractivity contribution in [1.29, 1.82) is 0 Å². The summed E-state index contributed by atoms with van der Waals surface area (Å²) in [5.74, 6) is -0.0561. The molecule has 1 unspecified atom stereocenters. The molecule has 3 nitrogen and oxygen atoms in total. The summed E-state index contributed by atoms with van der Waals surface area (Å²) in [5.41, 5.74) is 3.76. The quantitative estimate of drug-likeness (QED) is 0.723. The van der Waals surface area contributed by atoms with E-state index in [1.54, 1.807) is 6.07 Å². The van der Waals surface area contributed by atoms with Crippen LogP contribution in [0.15, 0.2) is 36.1 Å². The van der Waals surface area contributed by atoms with E-state index >= 15 is 0 Å². The van der Waals surface area contributed by atoms with Crippen molar-refractivity contribution in [3.05, 3.63) is 47.3 Å². The molecule has 0 spiro atoms. The summed E-state index contributed by atoms with van der Waals surface area (Å²) >= 11 is 0. The Hall–Kier alpha value is -2.23. The summed E-state index contributed by atoms with van der Waals surface area (Å²) in [4.78, 5) is 16.3. The first kappa shape index (κ1) is 16.6. The van der Waals surface area contributed by atoms with Gasteiger partial charge in [0.2, 0.25) is 0 Å². The van der Waals surface area contributed by atoms with Gasteiger partial charge in [0.15, 0.2) is 5.78 Å². The van der Waals surface area contributed by atoms with Gasteiger partial charge in [-0.15, -0.1) is 0 Å². The number of ketones is 1. The molecule has 0 saturated carbocycles. The molecule has 2 heterocycles. The lowest BCUT2D eigenvalue weighted by atomic mass is 9.92. The molecule has 126 valence electrons. The Morgan fingerprint density at radius 3 is 2.58 bits per heavy atom. The maximum atomic E-state index is 14.1. The average Bonchev–Trinajstić information content (AvgIpc) is 2.88. The normalized spacial score (nSPS) is 18.5. The second-order valence-electron chi connectivity index (χ2n) is 7.48. The number of fused-ring (bicyclic) bond motifs is 1. The summed E-state index contributed by atoms with van der Waals surface area (Å²) in [6.45, 7) is 9.61. The van der Waals surface area contributed by atoms with Gasteiger partial charge < -0.3 is 4.57 Å². The summed E-state index contributed by atoms with van der Waals surface area (Å²) in [6, 6.07) is 3.68. The Bertz CT molecular complexity index is 881. The minimum atomic E-state index is -0.942. The predicted octanol–water partition coefficient (Wildman–Crippen LogP) is 5.07. The third-order valence-electron chi connectivity index (χ3n) is 4.52. The van der Waals surface area contributed by atoms with Gasteiger partial charge in [0.25, 0.3) is 0 Å². The number of carbonyl (C=O) groups excluding carboxylic acids is 1. The molecule has 2 aromatic heterocycles. The van der Waals surface area contributed by atoms with Crippen LogP contribution in [0.5, 0.6) is 0 Å². The van der Waals surface area contributed by atoms with Crippen molar-refractivity contribution in [2.75, 3.05) is 0 Å². The summed E-state index contributed by atoms with van der Waals surface area (Å²) < 4.78 is 16.2. The zero-order chi connectivity index (χ0) is 17.6. The molecule has 1 atom stereocenters. The molecule has 2 aromatic rings. The number of carbonyl (C=O) groups is 1. The number of halogens is 1. The SMILES string of the molecule is CC(=O)c1ccc2c(C3=CC=C(C)C(F)C3)cn(C(C)(C)C)c2n1. The standard InChI is InChI=1S/C20H23FN2O/c1-12-6-7-14(10-17(12)21)16-11-23(20(3,4)5)19-15(16)8-9-18(22-19)13(2)24/h6-9,11,17H,10H2,1-5H3. The number of nitrogens with zero attached hydrogens (tertiary/aromatic N) is 2. The molecular weight excluding hydrogens is 303 g/mol. The fraction of sp³-hybridized carbons (Fsp3) is 0.400. The smallest absolute Gasteiger partial charge is 0.178 e. The van der Waals surface area contributed by atoms with Crippen LogP contribution in [0.2, 0.25) is 0 Å². The van der Waals surface area contributed by atoms with Gasteiger partial charge in [-0.2, -0.15) is 0 Å². The maximum absolute atomic E-state index is 14.1. The van der Waals surface area contributed by atoms with Crippen molar-refractivity contribution in [3.63, 3.8) is 0 Å². The van der Waals surface area contributed by atoms with Crippen LogP contribution in [0, 0.1) is 0 Å². The second kappa shape index (κ2) is 5.69. The van der Waals surface area contributed by atoms with Crippen molar-refractivity contribution in [3.8, 4) is 0 Å². The fourth-order valence-electron chi connectivity index (χ4n) is 3.02. The molecule has 1 aliphatic carbocycles. The Morgan fingerprint density at radius 1 is 1.29 bits per heavy atom. The van der Waals surface area contributed by atoms with Crippen LogP contribution in [0.3, 0.4) is 0 Å². The number of hydrogen-bond donors (Lipinski definition) is 0. The van der Waals surface area contributed by atoms with Gasteiger partial charge in [-0.1, -0.05) is 12.2 Å². The van der Waals surface area contributed by atoms with Gasteiger partial charge in [-0.25, -0.2) is 9.37 Å². The Morgan fingerprint density at radius 2 is 2.00 bits per heavy atom. The van der Waals surface area contributed by atoms with Crippen molar-refractivity contribution in [2.24, 2.45) is 0 Å². The van der Waals surface area contributed by atoms with Crippen LogP contribution >= 0.6 is 0 Å². The second-order valence-corrected chi connectivity index (χ2v) is 7.48. The minimum absolute atomic E-state index is 0.0561. The Labute approximate surface area is 141 Å². The number of rotatable bonds is 2. The zero-order valence-corrected chi connectivity index (χ0v) is 14.9. The molecular formula is C20H23FN2O. The van der Waals surface area contributed by atoms with E-state index in [1.807, 2.05) is 31.3 Å². The largest absolute Gasteiger partial charge is 0.327 e. The lowest BCUT2D eigenvalue weighted by Gasteiger charge is -2.22. The molecule has 0 aromatic carbocycles. The number of pyridine rings is 1. The zero-order valence-electron chi connectivity index (χ0n) is 14.9. The number of aromatic nitrogens is 2. The molecule has 0 fully saturated rings. The van der Waals surface area contributed by atoms with Crippen molar-refractivity contribution >= 4 is 22.4 Å². The van der Waals surface area contributed by atoms with E-state index < -0.39 is 6.17 Å². The highest BCUT2D eigenvalue weighted by atomic mass is 19.1. The van der Waals surface area contributed by atoms with Gasteiger partial charge in [0.1, 0.15) is 17.5 Å². The van der Waals surface area contributed by atoms with Gasteiger partial charge in [-0.3, -0.25) is 4.79 Å². The molecule has 1 aliphatic rings. The number of Topliss-reactive ketones (excluding diaryl/α,β-unsaturated/α-hetero) is 1. The minimum Gasteiger partial charge on any atom is -0.327 e. The molecule has 4 heteroatoms. The number of allylic oxidation sites excluding steroid dienone is 4. The highest BCUT2D eigenvalue weighted by Crippen LogP contribution is 2.36. The van der Waals surface area contributed by atoms with E-state index in [0.29, 0.717) is 12.1 Å². The molecule has 0 bridgehead atoms. The molecule has 0 radical (unpaired) electrons. The highest BCUT2D eigenvalue weighted by Gasteiger charge is 2.24. The Kier molecular flexibility index (Phi) is 3.94. The molecule has 0 aliphatic heterocycles. The third-order valence-corrected chi connectivity index (χ3v) is 4.52. The van der Waals surface area contributed by atoms with E-state index in [9.17, 15) is 9.18 Å².